The average molecular weight is 408 g/mol. The van der Waals surface area contributed by atoms with Crippen molar-refractivity contribution in [2.45, 2.75) is 12.7 Å². The Morgan fingerprint density at radius 1 is 1.07 bits per heavy atom. The molecule has 0 unspecified atom stereocenters. The molecule has 7 nitrogen and oxygen atoms in total. The molecule has 1 aliphatic heterocycles. The Labute approximate surface area is 164 Å². The minimum Gasteiger partial charge on any atom is -0.362 e. The third-order valence-corrected chi connectivity index (χ3v) is 4.68. The number of hydrogen-bond acceptors (Lipinski definition) is 4. The molecule has 0 aliphatic carbocycles. The van der Waals surface area contributed by atoms with Crippen LogP contribution in [0.3, 0.4) is 0 Å². The van der Waals surface area contributed by atoms with Crippen LogP contribution in [0.25, 0.3) is 0 Å². The van der Waals surface area contributed by atoms with Gasteiger partial charge >= 0.3 is 12.2 Å². The number of anilines is 1. The zero-order valence-electron chi connectivity index (χ0n) is 15.4. The number of nitrogens with one attached hydrogen (secondary N) is 1. The summed E-state index contributed by atoms with van der Waals surface area (Å²) in [5, 5.41) is 13.8. The second kappa shape index (κ2) is 8.38. The highest BCUT2D eigenvalue weighted by Crippen LogP contribution is 2.30. The number of urea groups is 1. The molecule has 1 N–H and O–H groups in total. The van der Waals surface area contributed by atoms with Crippen LogP contribution >= 0.6 is 0 Å². The quantitative estimate of drug-likeness (QED) is 0.619. The standard InChI is InChI=1S/C19H19F3N4O3/c20-19(21,22)15-5-3-4-14(12-15)13-23-18(27)25-10-8-24(9-11-25)16-6-1-2-7-17(16)26(28)29/h1-7,12H,8-11,13H2,(H,23,27). The highest BCUT2D eigenvalue weighted by atomic mass is 19.4. The molecule has 0 aromatic heterocycles. The number of carbonyl (C=O) groups is 1. The van der Waals surface area contributed by atoms with Crippen molar-refractivity contribution in [2.24, 2.45) is 0 Å². The van der Waals surface area contributed by atoms with E-state index in [0.717, 1.165) is 12.1 Å². The number of nitrogens with zero attached hydrogens (tertiary/aromatic N) is 3. The maximum atomic E-state index is 12.8. The van der Waals surface area contributed by atoms with Crippen molar-refractivity contribution < 1.29 is 22.9 Å². The summed E-state index contributed by atoms with van der Waals surface area (Å²) in [6, 6.07) is 10.8. The van der Waals surface area contributed by atoms with Crippen molar-refractivity contribution in [1.82, 2.24) is 10.2 Å². The summed E-state index contributed by atoms with van der Waals surface area (Å²) in [7, 11) is 0. The average Bonchev–Trinajstić information content (AvgIpc) is 2.71. The summed E-state index contributed by atoms with van der Waals surface area (Å²) in [5.74, 6) is 0. The van der Waals surface area contributed by atoms with Gasteiger partial charge in [-0.15, -0.1) is 0 Å². The Morgan fingerprint density at radius 2 is 1.76 bits per heavy atom. The van der Waals surface area contributed by atoms with Crippen molar-refractivity contribution in [2.75, 3.05) is 31.1 Å². The molecule has 2 amide bonds. The fourth-order valence-electron chi connectivity index (χ4n) is 3.18. The zero-order chi connectivity index (χ0) is 21.0. The van der Waals surface area contributed by atoms with E-state index < -0.39 is 16.7 Å². The molecule has 1 aliphatic rings. The van der Waals surface area contributed by atoms with Crippen molar-refractivity contribution in [3.8, 4) is 0 Å². The Kier molecular flexibility index (Phi) is 5.90. The second-order valence-corrected chi connectivity index (χ2v) is 6.58. The van der Waals surface area contributed by atoms with Gasteiger partial charge < -0.3 is 15.1 Å². The number of benzene rings is 2. The fraction of sp³-hybridized carbons (Fsp3) is 0.316. The summed E-state index contributed by atoms with van der Waals surface area (Å²) in [6.45, 7) is 1.51. The third-order valence-electron chi connectivity index (χ3n) is 4.68. The van der Waals surface area contributed by atoms with Crippen molar-refractivity contribution >= 4 is 17.4 Å². The predicted molar refractivity (Wildman–Crippen MR) is 101 cm³/mol. The number of alkyl halides is 3. The van der Waals surface area contributed by atoms with Crippen LogP contribution < -0.4 is 10.2 Å². The van der Waals surface area contributed by atoms with Crippen molar-refractivity contribution in [3.05, 3.63) is 69.8 Å². The Morgan fingerprint density at radius 3 is 2.41 bits per heavy atom. The normalized spacial score (nSPS) is 14.6. The number of amides is 2. The molecule has 3 rings (SSSR count). The lowest BCUT2D eigenvalue weighted by Crippen LogP contribution is -2.51. The summed E-state index contributed by atoms with van der Waals surface area (Å²) in [5.41, 5.74) is 0.102. The molecule has 0 spiro atoms. The van der Waals surface area contributed by atoms with E-state index in [9.17, 15) is 28.1 Å². The van der Waals surface area contributed by atoms with E-state index >= 15 is 0 Å². The van der Waals surface area contributed by atoms with Crippen LogP contribution in [0, 0.1) is 10.1 Å². The summed E-state index contributed by atoms with van der Waals surface area (Å²) >= 11 is 0. The Balaban J connectivity index is 1.55. The van der Waals surface area contributed by atoms with E-state index in [-0.39, 0.29) is 18.3 Å². The topological polar surface area (TPSA) is 78.7 Å². The number of nitro groups is 1. The van der Waals surface area contributed by atoms with Gasteiger partial charge in [-0.05, 0) is 23.8 Å². The molecule has 154 valence electrons. The number of halogens is 3. The van der Waals surface area contributed by atoms with Gasteiger partial charge in [-0.25, -0.2) is 4.79 Å². The van der Waals surface area contributed by atoms with Gasteiger partial charge in [-0.2, -0.15) is 13.2 Å². The molecular formula is C19H19F3N4O3. The van der Waals surface area contributed by atoms with Gasteiger partial charge in [0.2, 0.25) is 0 Å². The van der Waals surface area contributed by atoms with E-state index in [0.29, 0.717) is 37.4 Å². The number of nitro benzene ring substituents is 1. The molecule has 0 radical (unpaired) electrons. The number of carbonyl (C=O) groups excluding carboxylic acids is 1. The van der Waals surface area contributed by atoms with E-state index in [4.69, 9.17) is 0 Å². The van der Waals surface area contributed by atoms with Gasteiger partial charge in [0, 0.05) is 38.8 Å². The SMILES string of the molecule is O=C(NCc1cccc(C(F)(F)F)c1)N1CCN(c2ccccc2[N+](=O)[O-])CC1. The van der Waals surface area contributed by atoms with Crippen LogP contribution in [0.4, 0.5) is 29.3 Å². The zero-order valence-corrected chi connectivity index (χ0v) is 15.4. The van der Waals surface area contributed by atoms with Crippen LogP contribution in [0.15, 0.2) is 48.5 Å². The van der Waals surface area contributed by atoms with Crippen LogP contribution in [0.5, 0.6) is 0 Å². The molecule has 1 fully saturated rings. The molecule has 1 saturated heterocycles. The first-order valence-electron chi connectivity index (χ1n) is 8.93. The van der Waals surface area contributed by atoms with E-state index in [1.54, 1.807) is 23.1 Å². The molecule has 2 aromatic carbocycles. The maximum Gasteiger partial charge on any atom is 0.416 e. The molecule has 0 saturated carbocycles. The van der Waals surface area contributed by atoms with Crippen LogP contribution in [-0.4, -0.2) is 42.0 Å². The first-order chi connectivity index (χ1) is 13.8. The number of piperazine rings is 1. The molecule has 0 atom stereocenters. The van der Waals surface area contributed by atoms with Gasteiger partial charge in [0.15, 0.2) is 0 Å². The van der Waals surface area contributed by atoms with Crippen LogP contribution in [-0.2, 0) is 12.7 Å². The highest BCUT2D eigenvalue weighted by molar-refractivity contribution is 5.75. The Hall–Kier alpha value is -3.30. The predicted octanol–water partition coefficient (Wildman–Crippen LogP) is 3.65. The molecule has 29 heavy (non-hydrogen) atoms. The van der Waals surface area contributed by atoms with Crippen molar-refractivity contribution in [1.29, 1.82) is 0 Å². The molecule has 0 bridgehead atoms. The van der Waals surface area contributed by atoms with Crippen LogP contribution in [0.2, 0.25) is 0 Å². The van der Waals surface area contributed by atoms with Gasteiger partial charge in [-0.3, -0.25) is 10.1 Å². The fourth-order valence-corrected chi connectivity index (χ4v) is 3.18. The monoisotopic (exact) mass is 408 g/mol. The second-order valence-electron chi connectivity index (χ2n) is 6.58. The van der Waals surface area contributed by atoms with Crippen molar-refractivity contribution in [3.63, 3.8) is 0 Å². The minimum absolute atomic E-state index is 0.00921. The number of hydrogen-bond donors (Lipinski definition) is 1. The smallest absolute Gasteiger partial charge is 0.362 e. The maximum absolute atomic E-state index is 12.8. The van der Waals surface area contributed by atoms with Gasteiger partial charge in [0.05, 0.1) is 10.5 Å². The first-order valence-corrected chi connectivity index (χ1v) is 8.93. The van der Waals surface area contributed by atoms with E-state index in [2.05, 4.69) is 5.32 Å². The van der Waals surface area contributed by atoms with Gasteiger partial charge in [-0.1, -0.05) is 24.3 Å². The highest BCUT2D eigenvalue weighted by Gasteiger charge is 2.30. The van der Waals surface area contributed by atoms with E-state index in [1.807, 2.05) is 4.90 Å². The minimum atomic E-state index is -4.43. The molecule has 2 aromatic rings. The first kappa shape index (κ1) is 20.4. The van der Waals surface area contributed by atoms with Crippen LogP contribution in [0.1, 0.15) is 11.1 Å². The molecular weight excluding hydrogens is 389 g/mol. The summed E-state index contributed by atoms with van der Waals surface area (Å²) in [4.78, 5) is 26.5. The summed E-state index contributed by atoms with van der Waals surface area (Å²) in [6.07, 6.45) is -4.43. The number of para-hydroxylation sites is 2. The lowest BCUT2D eigenvalue weighted by Gasteiger charge is -2.35. The van der Waals surface area contributed by atoms with Gasteiger partial charge in [0.1, 0.15) is 5.69 Å². The van der Waals surface area contributed by atoms with E-state index in [1.165, 1.54) is 18.2 Å². The summed E-state index contributed by atoms with van der Waals surface area (Å²) < 4.78 is 38.3. The Bertz CT molecular complexity index is 896. The molecule has 1 heterocycles. The number of rotatable bonds is 4. The lowest BCUT2D eigenvalue weighted by atomic mass is 10.1. The van der Waals surface area contributed by atoms with Gasteiger partial charge in [0.25, 0.3) is 5.69 Å². The molecule has 10 heteroatoms. The largest absolute Gasteiger partial charge is 0.416 e. The third kappa shape index (κ3) is 4.95. The lowest BCUT2D eigenvalue weighted by molar-refractivity contribution is -0.384.